The van der Waals surface area contributed by atoms with Crippen molar-refractivity contribution in [3.63, 3.8) is 0 Å². The lowest BCUT2D eigenvalue weighted by Gasteiger charge is -2.60. The zero-order valence-electron chi connectivity index (χ0n) is 27.8. The Bertz CT molecular complexity index is 1590. The smallest absolute Gasteiger partial charge is 0.193 e. The van der Waals surface area contributed by atoms with Crippen LogP contribution in [0.1, 0.15) is 76.1 Å². The van der Waals surface area contributed by atoms with Gasteiger partial charge < -0.3 is 24.4 Å². The van der Waals surface area contributed by atoms with Crippen LogP contribution in [0.3, 0.4) is 0 Å². The minimum atomic E-state index is -1.23. The Hall–Kier alpha value is -2.47. The zero-order valence-corrected chi connectivity index (χ0v) is 27.8. The Labute approximate surface area is 276 Å². The number of aliphatic hydroxyl groups is 2. The molecule has 5 fully saturated rings. The second-order valence-electron chi connectivity index (χ2n) is 15.4. The molecule has 3 heterocycles. The van der Waals surface area contributed by atoms with E-state index in [4.69, 9.17) is 19.3 Å². The molecule has 9 nitrogen and oxygen atoms in total. The van der Waals surface area contributed by atoms with Gasteiger partial charge in [-0.1, -0.05) is 32.8 Å². The monoisotopic (exact) mass is 649 g/mol. The molecule has 10 heteroatoms. The molecule has 0 amide bonds. The SMILES string of the molecule is CCC[C@H]1O[C@@H]2C[C@H]3[C@@H]4CCC5=Cc6c(cnn6-c6ccc(F)c(CN7CCOCC7)c6)C[C@]5(C)[C@H]4[C@@H](O)C[C@]3(C)[C@]2(C(=O)CO)O1. The van der Waals surface area contributed by atoms with E-state index < -0.39 is 36.1 Å². The molecular weight excluding hydrogens is 601 g/mol. The standard InChI is InChI=1S/C37H48FN3O6/c1-4-5-33-46-32-16-27-26-8-6-24-15-29-23(17-35(24,2)34(26)30(43)18-36(27,3)37(32,47-33)31(44)21-42)19-39-41(29)25-7-9-28(38)22(14-25)20-40-10-12-45-13-11-40/h7,9,14-15,19,26-27,30,32-34,42-43H,4-6,8,10-13,16-18,20-21H2,1-3H3/t26-,27-,30-,32+,33-,34+,35-,36-,37+/m0/s1. The molecule has 6 aliphatic rings. The van der Waals surface area contributed by atoms with Gasteiger partial charge in [0.1, 0.15) is 12.4 Å². The van der Waals surface area contributed by atoms with E-state index in [1.807, 2.05) is 16.9 Å². The zero-order chi connectivity index (χ0) is 32.7. The second-order valence-corrected chi connectivity index (χ2v) is 15.4. The van der Waals surface area contributed by atoms with Crippen LogP contribution in [0, 0.1) is 34.4 Å². The number of allylic oxidation sites excluding steroid dienone is 1. The number of halogens is 1. The van der Waals surface area contributed by atoms with E-state index in [-0.39, 0.29) is 34.8 Å². The van der Waals surface area contributed by atoms with Crippen molar-refractivity contribution in [1.82, 2.24) is 14.7 Å². The number of hydrogen-bond donors (Lipinski definition) is 2. The Balaban J connectivity index is 1.09. The fourth-order valence-corrected chi connectivity index (χ4v) is 11.0. The number of ether oxygens (including phenoxy) is 3. The van der Waals surface area contributed by atoms with Gasteiger partial charge in [0.25, 0.3) is 0 Å². The first-order chi connectivity index (χ1) is 22.6. The van der Waals surface area contributed by atoms with Crippen molar-refractivity contribution in [2.45, 2.75) is 96.4 Å². The van der Waals surface area contributed by atoms with Gasteiger partial charge in [0.15, 0.2) is 17.7 Å². The topological polar surface area (TPSA) is 106 Å². The van der Waals surface area contributed by atoms with E-state index in [0.29, 0.717) is 44.6 Å². The average molecular weight is 650 g/mol. The number of fused-ring (bicyclic) bond motifs is 8. The Morgan fingerprint density at radius 1 is 1.21 bits per heavy atom. The summed E-state index contributed by atoms with van der Waals surface area (Å²) in [5.74, 6) is -0.199. The molecule has 0 unspecified atom stereocenters. The van der Waals surface area contributed by atoms with Crippen LogP contribution in [0.2, 0.25) is 0 Å². The highest BCUT2D eigenvalue weighted by atomic mass is 19.1. The van der Waals surface area contributed by atoms with Crippen LogP contribution in [0.15, 0.2) is 30.0 Å². The first-order valence-electron chi connectivity index (χ1n) is 17.6. The lowest BCUT2D eigenvalue weighted by atomic mass is 9.45. The van der Waals surface area contributed by atoms with Gasteiger partial charge in [-0.25, -0.2) is 9.07 Å². The van der Waals surface area contributed by atoms with Crippen molar-refractivity contribution in [2.24, 2.45) is 28.6 Å². The molecule has 0 radical (unpaired) electrons. The normalized spacial score (nSPS) is 39.4. The van der Waals surface area contributed by atoms with Crippen molar-refractivity contribution < 1.29 is 33.6 Å². The number of Topliss-reactive ketones (excluding diaryl/α,β-unsaturated/α-hetero) is 1. The Morgan fingerprint density at radius 3 is 2.79 bits per heavy atom. The number of carbonyl (C=O) groups excluding carboxylic acids is 1. The molecule has 1 aromatic heterocycles. The van der Waals surface area contributed by atoms with Crippen molar-refractivity contribution in [3.05, 3.63) is 52.6 Å². The van der Waals surface area contributed by atoms with Gasteiger partial charge >= 0.3 is 0 Å². The third kappa shape index (κ3) is 4.62. The molecule has 8 rings (SSSR count). The maximum absolute atomic E-state index is 14.9. The largest absolute Gasteiger partial charge is 0.393 e. The first kappa shape index (κ1) is 31.8. The lowest BCUT2D eigenvalue weighted by Crippen LogP contribution is -2.64. The summed E-state index contributed by atoms with van der Waals surface area (Å²) in [6, 6.07) is 5.27. The van der Waals surface area contributed by atoms with Crippen LogP contribution in [-0.4, -0.2) is 87.7 Å². The molecule has 254 valence electrons. The molecule has 4 aliphatic carbocycles. The van der Waals surface area contributed by atoms with Gasteiger partial charge in [-0.15, -0.1) is 0 Å². The van der Waals surface area contributed by atoms with Gasteiger partial charge in [0.05, 0.1) is 43.0 Å². The molecular formula is C37H48FN3O6. The highest BCUT2D eigenvalue weighted by molar-refractivity contribution is 5.91. The number of benzene rings is 1. The summed E-state index contributed by atoms with van der Waals surface area (Å²) >= 11 is 0. The van der Waals surface area contributed by atoms with E-state index in [9.17, 15) is 19.4 Å². The van der Waals surface area contributed by atoms with Crippen LogP contribution in [0.5, 0.6) is 0 Å². The number of rotatable bonds is 7. The number of hydrogen-bond acceptors (Lipinski definition) is 8. The molecule has 2 aromatic rings. The second kappa shape index (κ2) is 11.6. The minimum Gasteiger partial charge on any atom is -0.393 e. The minimum absolute atomic E-state index is 0.00886. The summed E-state index contributed by atoms with van der Waals surface area (Å²) in [5, 5.41) is 27.1. The average Bonchev–Trinajstić information content (AvgIpc) is 3.70. The third-order valence-corrected chi connectivity index (χ3v) is 13.1. The lowest BCUT2D eigenvalue weighted by molar-refractivity contribution is -0.202. The summed E-state index contributed by atoms with van der Waals surface area (Å²) in [5.41, 5.74) is 2.84. The fraction of sp³-hybridized carbons (Fsp3) is 0.676. The molecule has 2 aliphatic heterocycles. The molecule has 0 spiro atoms. The highest BCUT2D eigenvalue weighted by Gasteiger charge is 2.75. The highest BCUT2D eigenvalue weighted by Crippen LogP contribution is 2.70. The maximum Gasteiger partial charge on any atom is 0.193 e. The summed E-state index contributed by atoms with van der Waals surface area (Å²) in [6.07, 6.45) is 7.95. The quantitative estimate of drug-likeness (QED) is 0.454. The summed E-state index contributed by atoms with van der Waals surface area (Å²) < 4.78 is 35.3. The Kier molecular flexibility index (Phi) is 7.82. The molecule has 1 aromatic carbocycles. The van der Waals surface area contributed by atoms with E-state index in [1.54, 1.807) is 12.1 Å². The molecule has 0 bridgehead atoms. The van der Waals surface area contributed by atoms with Gasteiger partial charge in [0.2, 0.25) is 0 Å². The van der Waals surface area contributed by atoms with Crippen LogP contribution >= 0.6 is 0 Å². The molecule has 3 saturated carbocycles. The van der Waals surface area contributed by atoms with Crippen LogP contribution in [0.4, 0.5) is 4.39 Å². The molecule has 2 saturated heterocycles. The maximum atomic E-state index is 14.9. The first-order valence-corrected chi connectivity index (χ1v) is 17.6. The van der Waals surface area contributed by atoms with Crippen molar-refractivity contribution in [1.29, 1.82) is 0 Å². The number of carbonyl (C=O) groups is 1. The molecule has 2 N–H and O–H groups in total. The van der Waals surface area contributed by atoms with E-state index in [0.717, 1.165) is 55.7 Å². The van der Waals surface area contributed by atoms with E-state index in [2.05, 4.69) is 31.7 Å². The summed E-state index contributed by atoms with van der Waals surface area (Å²) in [6.45, 7) is 9.33. The summed E-state index contributed by atoms with van der Waals surface area (Å²) in [7, 11) is 0. The predicted molar refractivity (Wildman–Crippen MR) is 172 cm³/mol. The number of aromatic nitrogens is 2. The van der Waals surface area contributed by atoms with Crippen LogP contribution in [-0.2, 0) is 32.0 Å². The number of aliphatic hydroxyl groups excluding tert-OH is 2. The van der Waals surface area contributed by atoms with Crippen LogP contribution < -0.4 is 0 Å². The summed E-state index contributed by atoms with van der Waals surface area (Å²) in [4.78, 5) is 15.8. The third-order valence-electron chi connectivity index (χ3n) is 13.1. The van der Waals surface area contributed by atoms with Crippen molar-refractivity contribution >= 4 is 11.9 Å². The van der Waals surface area contributed by atoms with E-state index >= 15 is 0 Å². The van der Waals surface area contributed by atoms with Gasteiger partial charge in [-0.3, -0.25) is 9.69 Å². The molecule has 9 atom stereocenters. The number of nitrogens with zero attached hydrogens (tertiary/aromatic N) is 3. The van der Waals surface area contributed by atoms with Crippen molar-refractivity contribution in [3.8, 4) is 5.69 Å². The van der Waals surface area contributed by atoms with Crippen LogP contribution in [0.25, 0.3) is 11.8 Å². The van der Waals surface area contributed by atoms with Crippen molar-refractivity contribution in [2.75, 3.05) is 32.9 Å². The predicted octanol–water partition coefficient (Wildman–Crippen LogP) is 4.45. The Morgan fingerprint density at radius 2 is 2.02 bits per heavy atom. The number of morpholine rings is 1. The van der Waals surface area contributed by atoms with E-state index in [1.165, 1.54) is 5.57 Å². The van der Waals surface area contributed by atoms with Gasteiger partial charge in [-0.05, 0) is 91.5 Å². The number of ketones is 1. The molecule has 47 heavy (non-hydrogen) atoms. The fourth-order valence-electron chi connectivity index (χ4n) is 11.0. The van der Waals surface area contributed by atoms with Gasteiger partial charge in [-0.2, -0.15) is 5.10 Å². The van der Waals surface area contributed by atoms with Gasteiger partial charge in [0, 0.05) is 30.6 Å².